The quantitative estimate of drug-likeness (QED) is 0.736. The number of hydrogen-bond acceptors (Lipinski definition) is 2. The van der Waals surface area contributed by atoms with Crippen LogP contribution in [0.5, 0.6) is 0 Å². The van der Waals surface area contributed by atoms with Crippen LogP contribution in [-0.2, 0) is 0 Å². The minimum Gasteiger partial charge on any atom is -0.327 e. The van der Waals surface area contributed by atoms with Crippen molar-refractivity contribution in [1.29, 1.82) is 0 Å². The van der Waals surface area contributed by atoms with Crippen molar-refractivity contribution in [2.75, 3.05) is 13.1 Å². The zero-order valence-electron chi connectivity index (χ0n) is 10.4. The molecule has 2 heteroatoms. The Morgan fingerprint density at radius 1 is 1.36 bits per heavy atom. The average molecular weight is 198 g/mol. The molecule has 2 nitrogen and oxygen atoms in total. The van der Waals surface area contributed by atoms with Gasteiger partial charge in [-0.05, 0) is 31.2 Å². The van der Waals surface area contributed by atoms with Gasteiger partial charge in [-0.1, -0.05) is 27.7 Å². The Hall–Kier alpha value is -0.0800. The molecule has 0 aromatic rings. The number of nitrogens with two attached hydrogens (primary N) is 1. The van der Waals surface area contributed by atoms with Gasteiger partial charge in [-0.15, -0.1) is 0 Å². The second-order valence-electron chi connectivity index (χ2n) is 6.06. The lowest BCUT2D eigenvalue weighted by molar-refractivity contribution is 0.102. The maximum atomic E-state index is 6.11. The lowest BCUT2D eigenvalue weighted by atomic mass is 9.82. The molecule has 0 spiro atoms. The molecule has 0 bridgehead atoms. The van der Waals surface area contributed by atoms with E-state index >= 15 is 0 Å². The Balaban J connectivity index is 2.69. The number of rotatable bonds is 2. The highest BCUT2D eigenvalue weighted by molar-refractivity contribution is 4.92. The molecule has 1 aliphatic rings. The fraction of sp³-hybridized carbons (Fsp3) is 1.00. The summed E-state index contributed by atoms with van der Waals surface area (Å²) < 4.78 is 0. The van der Waals surface area contributed by atoms with Crippen molar-refractivity contribution in [1.82, 2.24) is 4.90 Å². The lowest BCUT2D eigenvalue weighted by Gasteiger charge is -2.40. The van der Waals surface area contributed by atoms with Gasteiger partial charge in [0, 0.05) is 18.6 Å². The van der Waals surface area contributed by atoms with Crippen LogP contribution in [0.2, 0.25) is 0 Å². The third-order valence-corrected chi connectivity index (χ3v) is 3.23. The largest absolute Gasteiger partial charge is 0.327 e. The maximum absolute atomic E-state index is 6.11. The smallest absolute Gasteiger partial charge is 0.0293 e. The highest BCUT2D eigenvalue weighted by atomic mass is 15.2. The van der Waals surface area contributed by atoms with E-state index in [-0.39, 0.29) is 11.5 Å². The standard InChI is InChI=1S/C12H26N2/c1-9-6-7-14(8-9)11(10(2)13)12(3,4)5/h9-11H,6-8,13H2,1-5H3. The van der Waals surface area contributed by atoms with Crippen molar-refractivity contribution in [2.24, 2.45) is 17.1 Å². The first-order chi connectivity index (χ1) is 6.32. The number of nitrogens with zero attached hydrogens (tertiary/aromatic N) is 1. The second-order valence-corrected chi connectivity index (χ2v) is 6.06. The molecule has 1 aliphatic heterocycles. The predicted octanol–water partition coefficient (Wildman–Crippen LogP) is 2.09. The van der Waals surface area contributed by atoms with Crippen LogP contribution in [0.3, 0.4) is 0 Å². The fourth-order valence-electron chi connectivity index (χ4n) is 2.89. The second kappa shape index (κ2) is 4.19. The summed E-state index contributed by atoms with van der Waals surface area (Å²) in [6.45, 7) is 13.8. The molecule has 0 radical (unpaired) electrons. The molecule has 84 valence electrons. The molecule has 0 saturated carbocycles. The van der Waals surface area contributed by atoms with E-state index in [1.165, 1.54) is 19.5 Å². The van der Waals surface area contributed by atoms with E-state index in [1.54, 1.807) is 0 Å². The first kappa shape index (κ1) is 12.0. The maximum Gasteiger partial charge on any atom is 0.0293 e. The summed E-state index contributed by atoms with van der Waals surface area (Å²) in [5, 5.41) is 0. The van der Waals surface area contributed by atoms with E-state index in [2.05, 4.69) is 39.5 Å². The zero-order chi connectivity index (χ0) is 10.9. The van der Waals surface area contributed by atoms with Crippen molar-refractivity contribution in [3.05, 3.63) is 0 Å². The summed E-state index contributed by atoms with van der Waals surface area (Å²) in [7, 11) is 0. The zero-order valence-corrected chi connectivity index (χ0v) is 10.4. The summed E-state index contributed by atoms with van der Waals surface area (Å²) in [5.74, 6) is 0.846. The Kier molecular flexibility index (Phi) is 3.59. The molecule has 0 aromatic carbocycles. The van der Waals surface area contributed by atoms with Crippen LogP contribution in [0.4, 0.5) is 0 Å². The first-order valence-corrected chi connectivity index (χ1v) is 5.82. The molecule has 2 N–H and O–H groups in total. The molecule has 3 unspecified atom stereocenters. The molecule has 1 rings (SSSR count). The Morgan fingerprint density at radius 3 is 2.21 bits per heavy atom. The molecule has 0 aliphatic carbocycles. The van der Waals surface area contributed by atoms with E-state index in [0.29, 0.717) is 6.04 Å². The van der Waals surface area contributed by atoms with Gasteiger partial charge in [0.25, 0.3) is 0 Å². The van der Waals surface area contributed by atoms with E-state index < -0.39 is 0 Å². The number of likely N-dealkylation sites (tertiary alicyclic amines) is 1. The van der Waals surface area contributed by atoms with Gasteiger partial charge in [0.05, 0.1) is 0 Å². The van der Waals surface area contributed by atoms with Gasteiger partial charge in [0.15, 0.2) is 0 Å². The van der Waals surface area contributed by atoms with Crippen LogP contribution in [0, 0.1) is 11.3 Å². The van der Waals surface area contributed by atoms with Crippen LogP contribution in [-0.4, -0.2) is 30.1 Å². The molecule has 0 aromatic heterocycles. The van der Waals surface area contributed by atoms with Crippen LogP contribution < -0.4 is 5.73 Å². The van der Waals surface area contributed by atoms with Crippen molar-refractivity contribution >= 4 is 0 Å². The van der Waals surface area contributed by atoms with E-state index in [0.717, 1.165) is 5.92 Å². The summed E-state index contributed by atoms with van der Waals surface area (Å²) in [6, 6.07) is 0.785. The predicted molar refractivity (Wildman–Crippen MR) is 62.2 cm³/mol. The molecular formula is C12H26N2. The summed E-state index contributed by atoms with van der Waals surface area (Å²) in [4.78, 5) is 2.58. The minimum absolute atomic E-state index is 0.264. The van der Waals surface area contributed by atoms with Gasteiger partial charge in [0.2, 0.25) is 0 Å². The lowest BCUT2D eigenvalue weighted by Crippen LogP contribution is -2.52. The van der Waals surface area contributed by atoms with E-state index in [9.17, 15) is 0 Å². The average Bonchev–Trinajstić information content (AvgIpc) is 2.31. The van der Waals surface area contributed by atoms with Gasteiger partial charge in [-0.25, -0.2) is 0 Å². The summed E-state index contributed by atoms with van der Waals surface area (Å²) >= 11 is 0. The Morgan fingerprint density at radius 2 is 1.93 bits per heavy atom. The Labute approximate surface area is 88.8 Å². The molecule has 0 amide bonds. The molecule has 1 fully saturated rings. The van der Waals surface area contributed by atoms with Crippen LogP contribution in [0.15, 0.2) is 0 Å². The minimum atomic E-state index is 0.264. The van der Waals surface area contributed by atoms with Crippen LogP contribution in [0.25, 0.3) is 0 Å². The topological polar surface area (TPSA) is 29.3 Å². The highest BCUT2D eigenvalue weighted by Crippen LogP contribution is 2.30. The molecule has 3 atom stereocenters. The third kappa shape index (κ3) is 2.71. The third-order valence-electron chi connectivity index (χ3n) is 3.23. The number of hydrogen-bond donors (Lipinski definition) is 1. The van der Waals surface area contributed by atoms with Crippen molar-refractivity contribution in [3.63, 3.8) is 0 Å². The van der Waals surface area contributed by atoms with Gasteiger partial charge in [-0.3, -0.25) is 4.90 Å². The van der Waals surface area contributed by atoms with Crippen molar-refractivity contribution in [2.45, 2.75) is 53.1 Å². The SMILES string of the molecule is CC1CCN(C(C(C)N)C(C)(C)C)C1. The fourth-order valence-corrected chi connectivity index (χ4v) is 2.89. The van der Waals surface area contributed by atoms with E-state index in [4.69, 9.17) is 5.73 Å². The van der Waals surface area contributed by atoms with E-state index in [1.807, 2.05) is 0 Å². The van der Waals surface area contributed by atoms with Gasteiger partial charge >= 0.3 is 0 Å². The first-order valence-electron chi connectivity index (χ1n) is 5.82. The van der Waals surface area contributed by atoms with Gasteiger partial charge in [0.1, 0.15) is 0 Å². The summed E-state index contributed by atoms with van der Waals surface area (Å²) in [6.07, 6.45) is 1.33. The normalized spacial score (nSPS) is 29.1. The molecule has 1 heterocycles. The highest BCUT2D eigenvalue weighted by Gasteiger charge is 2.35. The summed E-state index contributed by atoms with van der Waals surface area (Å²) in [5.41, 5.74) is 6.40. The Bertz CT molecular complexity index is 181. The molecular weight excluding hydrogens is 172 g/mol. The monoisotopic (exact) mass is 198 g/mol. The van der Waals surface area contributed by atoms with Gasteiger partial charge < -0.3 is 5.73 Å². The van der Waals surface area contributed by atoms with Gasteiger partial charge in [-0.2, -0.15) is 0 Å². The molecule has 1 saturated heterocycles. The van der Waals surface area contributed by atoms with Crippen molar-refractivity contribution in [3.8, 4) is 0 Å². The molecule has 14 heavy (non-hydrogen) atoms. The van der Waals surface area contributed by atoms with Crippen LogP contribution >= 0.6 is 0 Å². The van der Waals surface area contributed by atoms with Crippen LogP contribution in [0.1, 0.15) is 41.0 Å². The van der Waals surface area contributed by atoms with Crippen molar-refractivity contribution < 1.29 is 0 Å².